The molecule has 2 bridgehead atoms. The predicted octanol–water partition coefficient (Wildman–Crippen LogP) is 7.84. The number of nitrogens with two attached hydrogens (primary N) is 1. The van der Waals surface area contributed by atoms with E-state index in [1.807, 2.05) is 6.92 Å². The molecule has 12 heteroatoms. The lowest BCUT2D eigenvalue weighted by Crippen LogP contribution is -2.69. The molecule has 5 aliphatic rings. The molecular formula is C38H60BrN5O6. The zero-order chi connectivity index (χ0) is 37.0. The van der Waals surface area contributed by atoms with E-state index in [0.29, 0.717) is 43.3 Å². The van der Waals surface area contributed by atoms with Crippen LogP contribution in [-0.2, 0) is 14.3 Å². The Kier molecular flexibility index (Phi) is 9.34. The normalized spacial score (nSPS) is 42.9. The molecule has 1 aliphatic heterocycles. The van der Waals surface area contributed by atoms with Crippen LogP contribution in [0.3, 0.4) is 0 Å². The number of carboxylic acids is 1. The summed E-state index contributed by atoms with van der Waals surface area (Å²) in [5.41, 5.74) is 5.80. The molecule has 3 saturated carbocycles. The highest BCUT2D eigenvalue weighted by molar-refractivity contribution is 9.10. The first-order valence-electron chi connectivity index (χ1n) is 18.8. The number of halogens is 1. The molecule has 0 spiro atoms. The zero-order valence-electron chi connectivity index (χ0n) is 31.8. The maximum Gasteiger partial charge on any atom is 0.492 e. The third kappa shape index (κ3) is 5.22. The standard InChI is InChI=1S/C38H60BrN5O6/c1-21(2)23(5)33(6)15-16-35(8)24-11-12-27-34(7)18-49-20-38(27,25(24)13-14-36(35,9)28(33)30(45)46)17-26(29(34)50-19-37(10,40)22(3)4)43-31(39)41-32(42-43)44(47)48/h13,21-24,26-29H,11-12,14-20,40H2,1-10H3,(H,45,46)/t23-,24+,26-,27+,28-,29+,33-,34+,35-,36+,37+,38?/m1/s1. The second kappa shape index (κ2) is 12.3. The number of ether oxygens (including phenoxy) is 2. The molecule has 1 unspecified atom stereocenters. The fourth-order valence-corrected chi connectivity index (χ4v) is 12.6. The maximum absolute atomic E-state index is 13.5. The van der Waals surface area contributed by atoms with Gasteiger partial charge in [0.05, 0.1) is 37.9 Å². The lowest BCUT2D eigenvalue weighted by molar-refractivity contribution is -0.394. The molecule has 0 aromatic carbocycles. The minimum absolute atomic E-state index is 0.173. The number of nitrogens with zero attached hydrogens (tertiary/aromatic N) is 4. The van der Waals surface area contributed by atoms with Crippen LogP contribution >= 0.6 is 15.9 Å². The van der Waals surface area contributed by atoms with Gasteiger partial charge >= 0.3 is 11.9 Å². The average Bonchev–Trinajstić information content (AvgIpc) is 3.41. The Hall–Kier alpha value is -1.89. The second-order valence-corrected chi connectivity index (χ2v) is 19.6. The van der Waals surface area contributed by atoms with Crippen LogP contribution < -0.4 is 5.73 Å². The van der Waals surface area contributed by atoms with Crippen molar-refractivity contribution in [2.75, 3.05) is 19.8 Å². The van der Waals surface area contributed by atoms with E-state index < -0.39 is 39.1 Å². The summed E-state index contributed by atoms with van der Waals surface area (Å²) in [5, 5.41) is 27.4. The van der Waals surface area contributed by atoms with E-state index in [-0.39, 0.29) is 52.1 Å². The third-order valence-electron chi connectivity index (χ3n) is 16.0. The molecule has 0 amide bonds. The van der Waals surface area contributed by atoms with Crippen molar-refractivity contribution < 1.29 is 24.3 Å². The molecule has 280 valence electrons. The van der Waals surface area contributed by atoms with Gasteiger partial charge in [0.25, 0.3) is 4.73 Å². The predicted molar refractivity (Wildman–Crippen MR) is 194 cm³/mol. The summed E-state index contributed by atoms with van der Waals surface area (Å²) in [7, 11) is 0. The molecule has 12 atom stereocenters. The molecule has 2 heterocycles. The van der Waals surface area contributed by atoms with Crippen LogP contribution in [0.4, 0.5) is 5.95 Å². The van der Waals surface area contributed by atoms with Gasteiger partial charge in [-0.2, -0.15) is 4.68 Å². The van der Waals surface area contributed by atoms with Crippen LogP contribution in [-0.4, -0.2) is 62.2 Å². The lowest BCUT2D eigenvalue weighted by Gasteiger charge is -2.71. The third-order valence-corrected chi connectivity index (χ3v) is 16.6. The van der Waals surface area contributed by atoms with E-state index in [1.54, 1.807) is 4.68 Å². The van der Waals surface area contributed by atoms with Gasteiger partial charge in [-0.3, -0.25) is 4.79 Å². The Morgan fingerprint density at radius 1 is 1.18 bits per heavy atom. The molecule has 1 aromatic heterocycles. The van der Waals surface area contributed by atoms with Gasteiger partial charge in [0.1, 0.15) is 0 Å². The maximum atomic E-state index is 13.5. The molecule has 11 nitrogen and oxygen atoms in total. The summed E-state index contributed by atoms with van der Waals surface area (Å²) in [6, 6.07) is -0.368. The summed E-state index contributed by atoms with van der Waals surface area (Å²) in [4.78, 5) is 29.0. The smallest absolute Gasteiger partial charge is 0.481 e. The van der Waals surface area contributed by atoms with Gasteiger partial charge in [0.15, 0.2) is 0 Å². The van der Waals surface area contributed by atoms with Crippen LogP contribution in [0.15, 0.2) is 16.4 Å². The first-order chi connectivity index (χ1) is 23.1. The largest absolute Gasteiger partial charge is 0.492 e. The van der Waals surface area contributed by atoms with E-state index in [4.69, 9.17) is 15.2 Å². The number of hydrogen-bond acceptors (Lipinski definition) is 8. The van der Waals surface area contributed by atoms with Crippen LogP contribution in [0.25, 0.3) is 0 Å². The Balaban J connectivity index is 1.48. The van der Waals surface area contributed by atoms with E-state index >= 15 is 0 Å². The van der Waals surface area contributed by atoms with Crippen LogP contribution in [0.5, 0.6) is 0 Å². The number of carboxylic acid groups (broad SMARTS) is 1. The van der Waals surface area contributed by atoms with E-state index in [0.717, 1.165) is 25.7 Å². The second-order valence-electron chi connectivity index (χ2n) is 18.9. The SMILES string of the molecule is CC(C)[C@@H](C)[C@@]1(C)CC[C@]2(C)[C@H]3CC[C@@H]4C5(COC[C@]4(C)[C@@H](OC[C@](C)(N)C(C)C)[C@H](n4nc([N+](=O)[O-])nc4Br)C5)C3=CC[C@@]2(C)[C@@H]1C(=O)O. The van der Waals surface area contributed by atoms with Gasteiger partial charge in [-0.15, -0.1) is 0 Å². The number of allylic oxidation sites excluding steroid dienone is 1. The molecular weight excluding hydrogens is 702 g/mol. The number of fused-ring (bicyclic) bond motifs is 3. The molecule has 1 saturated heterocycles. The molecule has 1 aromatic rings. The highest BCUT2D eigenvalue weighted by Crippen LogP contribution is 2.75. The van der Waals surface area contributed by atoms with Crippen molar-refractivity contribution in [2.24, 2.45) is 68.3 Å². The molecule has 3 N–H and O–H groups in total. The van der Waals surface area contributed by atoms with Crippen molar-refractivity contribution in [3.8, 4) is 0 Å². The summed E-state index contributed by atoms with van der Waals surface area (Å²) >= 11 is 3.53. The number of nitro groups is 1. The Morgan fingerprint density at radius 2 is 1.86 bits per heavy atom. The Labute approximate surface area is 306 Å². The average molecular weight is 763 g/mol. The summed E-state index contributed by atoms with van der Waals surface area (Å²) in [6.07, 6.45) is 7.17. The molecule has 6 rings (SSSR count). The van der Waals surface area contributed by atoms with Crippen LogP contribution in [0.2, 0.25) is 0 Å². The van der Waals surface area contributed by atoms with Gasteiger partial charge in [-0.05, 0) is 101 Å². The van der Waals surface area contributed by atoms with E-state index in [1.165, 1.54) is 5.57 Å². The Morgan fingerprint density at radius 3 is 2.44 bits per heavy atom. The van der Waals surface area contributed by atoms with Gasteiger partial charge in [-0.1, -0.05) is 74.0 Å². The van der Waals surface area contributed by atoms with E-state index in [2.05, 4.69) is 94.4 Å². The minimum Gasteiger partial charge on any atom is -0.481 e. The van der Waals surface area contributed by atoms with Crippen LogP contribution in [0.1, 0.15) is 114 Å². The fraction of sp³-hybridized carbons (Fsp3) is 0.868. The molecule has 0 radical (unpaired) electrons. The quantitative estimate of drug-likeness (QED) is 0.145. The van der Waals surface area contributed by atoms with Crippen molar-refractivity contribution in [3.63, 3.8) is 0 Å². The topological polar surface area (TPSA) is 156 Å². The first-order valence-corrected chi connectivity index (χ1v) is 19.6. The fourth-order valence-electron chi connectivity index (χ4n) is 12.1. The summed E-state index contributed by atoms with van der Waals surface area (Å²) in [5.74, 6) is -0.327. The van der Waals surface area contributed by atoms with Gasteiger partial charge < -0.3 is 30.4 Å². The highest BCUT2D eigenvalue weighted by Gasteiger charge is 2.72. The van der Waals surface area contributed by atoms with Crippen molar-refractivity contribution in [3.05, 3.63) is 26.5 Å². The molecule has 4 fully saturated rings. The van der Waals surface area contributed by atoms with Gasteiger partial charge in [0.2, 0.25) is 0 Å². The zero-order valence-corrected chi connectivity index (χ0v) is 33.4. The van der Waals surface area contributed by atoms with Crippen molar-refractivity contribution in [2.45, 2.75) is 125 Å². The van der Waals surface area contributed by atoms with Crippen molar-refractivity contribution in [1.82, 2.24) is 14.8 Å². The number of aliphatic carboxylic acids is 1. The lowest BCUT2D eigenvalue weighted by atomic mass is 9.34. The molecule has 50 heavy (non-hydrogen) atoms. The number of hydrogen-bond donors (Lipinski definition) is 2. The summed E-state index contributed by atoms with van der Waals surface area (Å²) in [6.45, 7) is 23.4. The van der Waals surface area contributed by atoms with Crippen LogP contribution in [0, 0.1) is 72.7 Å². The van der Waals surface area contributed by atoms with Gasteiger partial charge in [0, 0.05) is 37.4 Å². The van der Waals surface area contributed by atoms with Gasteiger partial charge in [-0.25, -0.2) is 0 Å². The Bertz CT molecular complexity index is 1560. The highest BCUT2D eigenvalue weighted by atomic mass is 79.9. The number of carbonyl (C=O) groups is 1. The van der Waals surface area contributed by atoms with E-state index in [9.17, 15) is 20.0 Å². The monoisotopic (exact) mass is 761 g/mol. The first kappa shape index (κ1) is 37.9. The van der Waals surface area contributed by atoms with Crippen molar-refractivity contribution in [1.29, 1.82) is 0 Å². The molecule has 4 aliphatic carbocycles. The minimum atomic E-state index is -0.672. The number of aromatic nitrogens is 3. The van der Waals surface area contributed by atoms with Crippen molar-refractivity contribution >= 4 is 27.8 Å². The summed E-state index contributed by atoms with van der Waals surface area (Å²) < 4.78 is 15.6. The number of rotatable bonds is 9.